The molecule has 0 saturated heterocycles. The van der Waals surface area contributed by atoms with Crippen LogP contribution in [0.4, 0.5) is 4.39 Å². The fourth-order valence-corrected chi connectivity index (χ4v) is 1.43. The summed E-state index contributed by atoms with van der Waals surface area (Å²) < 4.78 is 18.4. The van der Waals surface area contributed by atoms with Gasteiger partial charge in [-0.25, -0.2) is 14.4 Å². The predicted octanol–water partition coefficient (Wildman–Crippen LogP) is 2.94. The van der Waals surface area contributed by atoms with Crippen molar-refractivity contribution in [2.45, 2.75) is 0 Å². The molecule has 82 valence electrons. The van der Waals surface area contributed by atoms with E-state index >= 15 is 0 Å². The molecule has 0 saturated carbocycles. The van der Waals surface area contributed by atoms with Gasteiger partial charge in [-0.15, -0.1) is 0 Å². The summed E-state index contributed by atoms with van der Waals surface area (Å²) in [7, 11) is 1.57. The van der Waals surface area contributed by atoms with Crippen LogP contribution in [0.15, 0.2) is 30.5 Å². The predicted molar refractivity (Wildman–Crippen MR) is 59.0 cm³/mol. The number of nitrogens with zero attached hydrogens (tertiary/aromatic N) is 2. The van der Waals surface area contributed by atoms with Gasteiger partial charge in [-0.1, -0.05) is 0 Å². The fourth-order valence-electron chi connectivity index (χ4n) is 1.30. The zero-order valence-corrected chi connectivity index (χ0v) is 9.20. The monoisotopic (exact) mass is 238 g/mol. The standard InChI is InChI=1S/C11H8ClFN2O/c1-16-8-4-2-7(3-5-8)10-9(13)6-14-11(12)15-10/h2-6H,1H3. The second kappa shape index (κ2) is 4.45. The number of aromatic nitrogens is 2. The molecule has 1 aromatic carbocycles. The minimum Gasteiger partial charge on any atom is -0.497 e. The average molecular weight is 239 g/mol. The Morgan fingerprint density at radius 1 is 1.25 bits per heavy atom. The number of hydrogen-bond donors (Lipinski definition) is 0. The molecule has 2 aromatic rings. The second-order valence-corrected chi connectivity index (χ2v) is 3.40. The highest BCUT2D eigenvalue weighted by Gasteiger charge is 2.08. The zero-order valence-electron chi connectivity index (χ0n) is 8.45. The van der Waals surface area contributed by atoms with Gasteiger partial charge in [-0.05, 0) is 35.9 Å². The van der Waals surface area contributed by atoms with Crippen LogP contribution in [0.2, 0.25) is 5.28 Å². The molecule has 0 radical (unpaired) electrons. The molecular formula is C11H8ClFN2O. The molecule has 0 fully saturated rings. The normalized spacial score (nSPS) is 10.2. The summed E-state index contributed by atoms with van der Waals surface area (Å²) in [6.45, 7) is 0. The zero-order chi connectivity index (χ0) is 11.5. The van der Waals surface area contributed by atoms with Crippen LogP contribution in [0.25, 0.3) is 11.3 Å². The third-order valence-electron chi connectivity index (χ3n) is 2.08. The molecule has 0 amide bonds. The van der Waals surface area contributed by atoms with E-state index < -0.39 is 5.82 Å². The Balaban J connectivity index is 2.45. The quantitative estimate of drug-likeness (QED) is 0.755. The van der Waals surface area contributed by atoms with Crippen LogP contribution in [-0.2, 0) is 0 Å². The molecule has 2 rings (SSSR count). The molecule has 3 nitrogen and oxygen atoms in total. The lowest BCUT2D eigenvalue weighted by molar-refractivity contribution is 0.415. The van der Waals surface area contributed by atoms with Crippen molar-refractivity contribution in [1.29, 1.82) is 0 Å². The highest BCUT2D eigenvalue weighted by Crippen LogP contribution is 2.23. The number of hydrogen-bond acceptors (Lipinski definition) is 3. The van der Waals surface area contributed by atoms with E-state index in [0.717, 1.165) is 6.20 Å². The first-order valence-corrected chi connectivity index (χ1v) is 4.91. The summed E-state index contributed by atoms with van der Waals surface area (Å²) in [5.74, 6) is 0.193. The molecule has 5 heteroatoms. The van der Waals surface area contributed by atoms with Crippen LogP contribution >= 0.6 is 11.6 Å². The molecule has 1 heterocycles. The summed E-state index contributed by atoms with van der Waals surface area (Å²) in [5.41, 5.74) is 0.810. The number of rotatable bonds is 2. The largest absolute Gasteiger partial charge is 0.497 e. The minimum absolute atomic E-state index is 0.0206. The van der Waals surface area contributed by atoms with Gasteiger partial charge in [-0.2, -0.15) is 0 Å². The average Bonchev–Trinajstić information content (AvgIpc) is 2.32. The van der Waals surface area contributed by atoms with E-state index in [0.29, 0.717) is 11.3 Å². The van der Waals surface area contributed by atoms with E-state index in [9.17, 15) is 4.39 Å². The molecule has 1 aromatic heterocycles. The first-order chi connectivity index (χ1) is 7.70. The Kier molecular flexibility index (Phi) is 3.01. The van der Waals surface area contributed by atoms with Crippen LogP contribution in [0.5, 0.6) is 5.75 Å². The molecule has 0 aliphatic rings. The first kappa shape index (κ1) is 10.8. The van der Waals surface area contributed by atoms with Gasteiger partial charge in [0.25, 0.3) is 0 Å². The van der Waals surface area contributed by atoms with Gasteiger partial charge >= 0.3 is 0 Å². The molecular weight excluding hydrogens is 231 g/mol. The molecule has 0 aliphatic heterocycles. The maximum atomic E-state index is 13.4. The number of methoxy groups -OCH3 is 1. The van der Waals surface area contributed by atoms with E-state index in [2.05, 4.69) is 9.97 Å². The van der Waals surface area contributed by atoms with E-state index in [1.54, 1.807) is 31.4 Å². The summed E-state index contributed by atoms with van der Waals surface area (Å²) in [4.78, 5) is 7.39. The van der Waals surface area contributed by atoms with Gasteiger partial charge < -0.3 is 4.74 Å². The van der Waals surface area contributed by atoms with Gasteiger partial charge in [0.1, 0.15) is 11.4 Å². The molecule has 16 heavy (non-hydrogen) atoms. The van der Waals surface area contributed by atoms with Crippen LogP contribution in [-0.4, -0.2) is 17.1 Å². The Hall–Kier alpha value is -1.68. The van der Waals surface area contributed by atoms with Crippen molar-refractivity contribution in [1.82, 2.24) is 9.97 Å². The molecule has 0 unspecified atom stereocenters. The van der Waals surface area contributed by atoms with E-state index in [1.807, 2.05) is 0 Å². The number of ether oxygens (including phenoxy) is 1. The van der Waals surface area contributed by atoms with Crippen molar-refractivity contribution in [3.05, 3.63) is 41.6 Å². The van der Waals surface area contributed by atoms with Crippen LogP contribution in [0, 0.1) is 5.82 Å². The van der Waals surface area contributed by atoms with Crippen molar-refractivity contribution in [3.63, 3.8) is 0 Å². The summed E-state index contributed by atoms with van der Waals surface area (Å²) in [5, 5.41) is 0.0206. The summed E-state index contributed by atoms with van der Waals surface area (Å²) >= 11 is 5.61. The van der Waals surface area contributed by atoms with E-state index in [-0.39, 0.29) is 11.0 Å². The van der Waals surface area contributed by atoms with Gasteiger partial charge in [0.2, 0.25) is 5.28 Å². The first-order valence-electron chi connectivity index (χ1n) is 4.53. The smallest absolute Gasteiger partial charge is 0.223 e. The lowest BCUT2D eigenvalue weighted by Gasteiger charge is -2.04. The van der Waals surface area contributed by atoms with Crippen LogP contribution in [0.3, 0.4) is 0 Å². The van der Waals surface area contributed by atoms with E-state index in [1.165, 1.54) is 0 Å². The number of halogens is 2. The molecule has 0 bridgehead atoms. The van der Waals surface area contributed by atoms with Crippen molar-refractivity contribution in [2.75, 3.05) is 7.11 Å². The van der Waals surface area contributed by atoms with Crippen LogP contribution < -0.4 is 4.74 Å². The van der Waals surface area contributed by atoms with Crippen molar-refractivity contribution >= 4 is 11.6 Å². The third kappa shape index (κ3) is 2.12. The van der Waals surface area contributed by atoms with E-state index in [4.69, 9.17) is 16.3 Å². The lowest BCUT2D eigenvalue weighted by Crippen LogP contribution is -1.92. The van der Waals surface area contributed by atoms with Gasteiger partial charge in [0.05, 0.1) is 13.3 Å². The van der Waals surface area contributed by atoms with Crippen molar-refractivity contribution < 1.29 is 9.13 Å². The van der Waals surface area contributed by atoms with Gasteiger partial charge in [0.15, 0.2) is 5.82 Å². The summed E-state index contributed by atoms with van der Waals surface area (Å²) in [6.07, 6.45) is 1.05. The second-order valence-electron chi connectivity index (χ2n) is 3.06. The Morgan fingerprint density at radius 3 is 2.56 bits per heavy atom. The molecule has 0 spiro atoms. The maximum Gasteiger partial charge on any atom is 0.223 e. The highest BCUT2D eigenvalue weighted by molar-refractivity contribution is 6.28. The third-order valence-corrected chi connectivity index (χ3v) is 2.26. The molecule has 0 aliphatic carbocycles. The maximum absolute atomic E-state index is 13.4. The van der Waals surface area contributed by atoms with Crippen molar-refractivity contribution in [2.24, 2.45) is 0 Å². The Morgan fingerprint density at radius 2 is 1.94 bits per heavy atom. The highest BCUT2D eigenvalue weighted by atomic mass is 35.5. The van der Waals surface area contributed by atoms with Gasteiger partial charge in [0, 0.05) is 5.56 Å². The topological polar surface area (TPSA) is 35.0 Å². The van der Waals surface area contributed by atoms with Gasteiger partial charge in [-0.3, -0.25) is 0 Å². The SMILES string of the molecule is COc1ccc(-c2nc(Cl)ncc2F)cc1. The Bertz CT molecular complexity index is 502. The summed E-state index contributed by atoms with van der Waals surface area (Å²) in [6, 6.07) is 6.87. The Labute approximate surface area is 96.9 Å². The molecule has 0 atom stereocenters. The molecule has 0 N–H and O–H groups in total. The lowest BCUT2D eigenvalue weighted by atomic mass is 10.1. The fraction of sp³-hybridized carbons (Fsp3) is 0.0909. The minimum atomic E-state index is -0.505. The van der Waals surface area contributed by atoms with Crippen molar-refractivity contribution in [3.8, 4) is 17.0 Å². The van der Waals surface area contributed by atoms with Crippen LogP contribution in [0.1, 0.15) is 0 Å². The number of benzene rings is 1.